The Morgan fingerprint density at radius 3 is 1.34 bits per heavy atom. The van der Waals surface area contributed by atoms with Gasteiger partial charge in [-0.15, -0.1) is 0 Å². The highest BCUT2D eigenvalue weighted by Crippen LogP contribution is 2.15. The van der Waals surface area contributed by atoms with Crippen LogP contribution in [0.1, 0.15) is 206 Å². The highest BCUT2D eigenvalue weighted by atomic mass is 16.3. The van der Waals surface area contributed by atoms with Gasteiger partial charge in [-0.25, -0.2) is 0 Å². The molecule has 0 heterocycles. The second-order valence-electron chi connectivity index (χ2n) is 13.3. The molecule has 0 spiro atoms. The summed E-state index contributed by atoms with van der Waals surface area (Å²) in [4.78, 5) is 12.3. The number of carbonyl (C=O) groups is 1. The minimum atomic E-state index is -0.838. The van der Waals surface area contributed by atoms with Gasteiger partial charge in [0.2, 0.25) is 5.91 Å². The van der Waals surface area contributed by atoms with Gasteiger partial charge in [0.05, 0.1) is 18.8 Å². The smallest absolute Gasteiger partial charge is 0.220 e. The molecule has 0 saturated carbocycles. The molecule has 0 fully saturated rings. The van der Waals surface area contributed by atoms with Gasteiger partial charge in [0.25, 0.3) is 0 Å². The zero-order chi connectivity index (χ0) is 32.2. The van der Waals surface area contributed by atoms with Gasteiger partial charge >= 0.3 is 0 Å². The largest absolute Gasteiger partial charge is 0.394 e. The SMILES string of the molecule is CCCC=CCCCCCCCCC=CC(O)C(CO)NC(=O)CCCCCCCCCCCCCCCCCCCCC. The van der Waals surface area contributed by atoms with Crippen molar-refractivity contribution in [3.05, 3.63) is 24.3 Å². The molecule has 260 valence electrons. The van der Waals surface area contributed by atoms with E-state index in [0.29, 0.717) is 6.42 Å². The zero-order valence-electron chi connectivity index (χ0n) is 29.7. The Balaban J connectivity index is 3.56. The average Bonchev–Trinajstić information content (AvgIpc) is 3.03. The summed E-state index contributed by atoms with van der Waals surface area (Å²) in [5.41, 5.74) is 0. The molecule has 0 aliphatic rings. The van der Waals surface area contributed by atoms with Crippen molar-refractivity contribution in [2.45, 2.75) is 219 Å². The molecule has 2 atom stereocenters. The molecular weight excluding hydrogens is 542 g/mol. The van der Waals surface area contributed by atoms with E-state index in [0.717, 1.165) is 25.7 Å². The summed E-state index contributed by atoms with van der Waals surface area (Å²) in [7, 11) is 0. The van der Waals surface area contributed by atoms with E-state index in [2.05, 4.69) is 31.3 Å². The van der Waals surface area contributed by atoms with E-state index in [9.17, 15) is 15.0 Å². The predicted octanol–water partition coefficient (Wildman–Crippen LogP) is 11.7. The van der Waals surface area contributed by atoms with Crippen LogP contribution in [0.5, 0.6) is 0 Å². The Bertz CT molecular complexity index is 632. The molecule has 0 aromatic rings. The molecule has 0 aliphatic heterocycles. The lowest BCUT2D eigenvalue weighted by Gasteiger charge is -2.20. The third-order valence-corrected chi connectivity index (χ3v) is 8.91. The first kappa shape index (κ1) is 42.9. The first-order valence-electron chi connectivity index (χ1n) is 19.6. The van der Waals surface area contributed by atoms with Crippen LogP contribution in [0.4, 0.5) is 0 Å². The quantitative estimate of drug-likeness (QED) is 0.0488. The van der Waals surface area contributed by atoms with Gasteiger partial charge in [-0.1, -0.05) is 186 Å². The molecule has 3 N–H and O–H groups in total. The first-order chi connectivity index (χ1) is 21.7. The maximum atomic E-state index is 12.3. The summed E-state index contributed by atoms with van der Waals surface area (Å²) in [5.74, 6) is -0.0654. The van der Waals surface area contributed by atoms with Crippen molar-refractivity contribution in [2.75, 3.05) is 6.61 Å². The predicted molar refractivity (Wildman–Crippen MR) is 193 cm³/mol. The van der Waals surface area contributed by atoms with Crippen LogP contribution in [0.3, 0.4) is 0 Å². The highest BCUT2D eigenvalue weighted by molar-refractivity contribution is 5.76. The molecule has 44 heavy (non-hydrogen) atoms. The van der Waals surface area contributed by atoms with Crippen molar-refractivity contribution in [1.29, 1.82) is 0 Å². The second kappa shape index (κ2) is 36.3. The van der Waals surface area contributed by atoms with Gasteiger partial charge < -0.3 is 15.5 Å². The lowest BCUT2D eigenvalue weighted by atomic mass is 10.0. The summed E-state index contributed by atoms with van der Waals surface area (Å²) in [6.07, 6.45) is 45.5. The number of allylic oxidation sites excluding steroid dienone is 3. The molecule has 4 nitrogen and oxygen atoms in total. The molecule has 1 amide bonds. The number of amides is 1. The van der Waals surface area contributed by atoms with Crippen LogP contribution in [-0.4, -0.2) is 34.9 Å². The van der Waals surface area contributed by atoms with Gasteiger partial charge in [0, 0.05) is 6.42 Å². The normalized spacial score (nSPS) is 13.3. The molecule has 0 aromatic heterocycles. The Hall–Kier alpha value is -1.13. The van der Waals surface area contributed by atoms with Crippen LogP contribution < -0.4 is 5.32 Å². The monoisotopic (exact) mass is 620 g/mol. The van der Waals surface area contributed by atoms with Crippen LogP contribution in [0.25, 0.3) is 0 Å². The van der Waals surface area contributed by atoms with Crippen molar-refractivity contribution in [1.82, 2.24) is 5.32 Å². The van der Waals surface area contributed by atoms with Gasteiger partial charge in [-0.2, -0.15) is 0 Å². The van der Waals surface area contributed by atoms with Crippen molar-refractivity contribution in [3.63, 3.8) is 0 Å². The number of aliphatic hydroxyl groups is 2. The Morgan fingerprint density at radius 2 is 0.909 bits per heavy atom. The molecule has 0 radical (unpaired) electrons. The van der Waals surface area contributed by atoms with E-state index in [-0.39, 0.29) is 12.5 Å². The topological polar surface area (TPSA) is 69.6 Å². The molecular formula is C40H77NO3. The Kier molecular flexibility index (Phi) is 35.4. The summed E-state index contributed by atoms with van der Waals surface area (Å²) < 4.78 is 0. The molecule has 0 aliphatic carbocycles. The fourth-order valence-corrected chi connectivity index (χ4v) is 5.89. The van der Waals surface area contributed by atoms with Crippen molar-refractivity contribution in [2.24, 2.45) is 0 Å². The number of rotatable bonds is 35. The van der Waals surface area contributed by atoms with E-state index < -0.39 is 12.1 Å². The standard InChI is InChI=1S/C40H77NO3/c1-3-5-7-9-11-13-15-17-18-19-20-21-22-24-26-28-30-32-34-36-40(44)41-38(37-42)39(43)35-33-31-29-27-25-23-16-14-12-10-8-6-4-2/h8,10,33,35,38-39,42-43H,3-7,9,11-32,34,36-37H2,1-2H3,(H,41,44). The van der Waals surface area contributed by atoms with Gasteiger partial charge in [0.1, 0.15) is 0 Å². The first-order valence-corrected chi connectivity index (χ1v) is 19.6. The van der Waals surface area contributed by atoms with E-state index >= 15 is 0 Å². The molecule has 4 heteroatoms. The number of hydrogen-bond donors (Lipinski definition) is 3. The third-order valence-electron chi connectivity index (χ3n) is 8.91. The second-order valence-corrected chi connectivity index (χ2v) is 13.3. The lowest BCUT2D eigenvalue weighted by molar-refractivity contribution is -0.123. The van der Waals surface area contributed by atoms with Crippen LogP contribution in [0, 0.1) is 0 Å². The van der Waals surface area contributed by atoms with E-state index in [1.54, 1.807) is 6.08 Å². The lowest BCUT2D eigenvalue weighted by Crippen LogP contribution is -2.45. The van der Waals surface area contributed by atoms with Crippen molar-refractivity contribution < 1.29 is 15.0 Å². The Labute approximate surface area is 275 Å². The van der Waals surface area contributed by atoms with Crippen LogP contribution in [-0.2, 0) is 4.79 Å². The average molecular weight is 620 g/mol. The summed E-state index contributed by atoms with van der Waals surface area (Å²) >= 11 is 0. The van der Waals surface area contributed by atoms with Crippen LogP contribution >= 0.6 is 0 Å². The number of nitrogens with one attached hydrogen (secondary N) is 1. The zero-order valence-corrected chi connectivity index (χ0v) is 29.7. The van der Waals surface area contributed by atoms with E-state index in [1.807, 2.05) is 6.08 Å². The number of carbonyl (C=O) groups excluding carboxylic acids is 1. The molecule has 2 unspecified atom stereocenters. The summed E-state index contributed by atoms with van der Waals surface area (Å²) in [6, 6.07) is -0.620. The van der Waals surface area contributed by atoms with Gasteiger partial charge in [-0.05, 0) is 38.5 Å². The molecule has 0 aromatic carbocycles. The summed E-state index contributed by atoms with van der Waals surface area (Å²) in [5, 5.41) is 22.9. The highest BCUT2D eigenvalue weighted by Gasteiger charge is 2.17. The number of unbranched alkanes of at least 4 members (excludes halogenated alkanes) is 26. The minimum absolute atomic E-state index is 0.0654. The van der Waals surface area contributed by atoms with E-state index in [4.69, 9.17) is 0 Å². The maximum Gasteiger partial charge on any atom is 0.220 e. The Morgan fingerprint density at radius 1 is 0.523 bits per heavy atom. The molecule has 0 bridgehead atoms. The van der Waals surface area contributed by atoms with Gasteiger partial charge in [-0.3, -0.25) is 4.79 Å². The summed E-state index contributed by atoms with van der Waals surface area (Å²) in [6.45, 7) is 4.26. The number of aliphatic hydroxyl groups excluding tert-OH is 2. The van der Waals surface area contributed by atoms with Crippen LogP contribution in [0.15, 0.2) is 24.3 Å². The van der Waals surface area contributed by atoms with Crippen molar-refractivity contribution in [3.8, 4) is 0 Å². The maximum absolute atomic E-state index is 12.3. The van der Waals surface area contributed by atoms with Crippen molar-refractivity contribution >= 4 is 5.91 Å². The molecule has 0 rings (SSSR count). The van der Waals surface area contributed by atoms with Crippen LogP contribution in [0.2, 0.25) is 0 Å². The minimum Gasteiger partial charge on any atom is -0.394 e. The molecule has 0 saturated heterocycles. The fraction of sp³-hybridized carbons (Fsp3) is 0.875. The number of hydrogen-bond acceptors (Lipinski definition) is 3. The van der Waals surface area contributed by atoms with E-state index in [1.165, 1.54) is 161 Å². The fourth-order valence-electron chi connectivity index (χ4n) is 5.89. The van der Waals surface area contributed by atoms with Gasteiger partial charge in [0.15, 0.2) is 0 Å². The third kappa shape index (κ3) is 32.3.